The highest BCUT2D eigenvalue weighted by Gasteiger charge is 2.22. The number of sulfonamides is 1. The molecule has 2 rings (SSSR count). The predicted molar refractivity (Wildman–Crippen MR) is 118 cm³/mol. The molecule has 0 atom stereocenters. The van der Waals surface area contributed by atoms with E-state index in [2.05, 4.69) is 10.5 Å². The molecule has 1 amide bonds. The van der Waals surface area contributed by atoms with Crippen molar-refractivity contribution < 1.29 is 27.4 Å². The number of nitrogens with zero attached hydrogens (tertiary/aromatic N) is 2. The molecule has 0 aliphatic heterocycles. The number of nitrogens with one attached hydrogen (secondary N) is 1. The molecule has 0 spiro atoms. The van der Waals surface area contributed by atoms with Gasteiger partial charge in [0.05, 0.1) is 32.4 Å². The van der Waals surface area contributed by atoms with Crippen LogP contribution in [0.15, 0.2) is 46.4 Å². The minimum atomic E-state index is -3.67. The molecule has 0 fully saturated rings. The molecular formula is C21H27N3O6S. The molecule has 0 saturated carbocycles. The molecule has 0 aliphatic carbocycles. The molecule has 0 aliphatic rings. The van der Waals surface area contributed by atoms with Crippen LogP contribution in [-0.2, 0) is 10.0 Å². The van der Waals surface area contributed by atoms with Gasteiger partial charge in [-0.2, -0.15) is 9.41 Å². The summed E-state index contributed by atoms with van der Waals surface area (Å²) in [4.78, 5) is 12.5. The zero-order valence-electron chi connectivity index (χ0n) is 18.2. The third-order valence-electron chi connectivity index (χ3n) is 4.55. The van der Waals surface area contributed by atoms with Crippen LogP contribution >= 0.6 is 0 Å². The first-order valence-electron chi connectivity index (χ1n) is 9.55. The van der Waals surface area contributed by atoms with Crippen molar-refractivity contribution in [3.63, 3.8) is 0 Å². The Morgan fingerprint density at radius 3 is 2.19 bits per heavy atom. The van der Waals surface area contributed by atoms with Crippen LogP contribution in [0.2, 0.25) is 0 Å². The second-order valence-electron chi connectivity index (χ2n) is 6.27. The fourth-order valence-electron chi connectivity index (χ4n) is 2.89. The van der Waals surface area contributed by atoms with Gasteiger partial charge in [-0.3, -0.25) is 4.79 Å². The van der Waals surface area contributed by atoms with Gasteiger partial charge in [0, 0.05) is 30.3 Å². The summed E-state index contributed by atoms with van der Waals surface area (Å²) in [6.45, 7) is 4.20. The lowest BCUT2D eigenvalue weighted by atomic mass is 10.2. The molecule has 2 aromatic carbocycles. The summed E-state index contributed by atoms with van der Waals surface area (Å²) in [6.07, 6.45) is 1.40. The van der Waals surface area contributed by atoms with Crippen molar-refractivity contribution in [2.75, 3.05) is 34.4 Å². The molecular weight excluding hydrogens is 422 g/mol. The van der Waals surface area contributed by atoms with Gasteiger partial charge >= 0.3 is 0 Å². The van der Waals surface area contributed by atoms with E-state index >= 15 is 0 Å². The van der Waals surface area contributed by atoms with Crippen molar-refractivity contribution >= 4 is 22.1 Å². The summed E-state index contributed by atoms with van der Waals surface area (Å²) < 4.78 is 42.5. The van der Waals surface area contributed by atoms with Gasteiger partial charge in [-0.25, -0.2) is 13.8 Å². The normalized spacial score (nSPS) is 11.5. The molecule has 0 heterocycles. The first-order chi connectivity index (χ1) is 14.8. The Hall–Kier alpha value is -3.11. The van der Waals surface area contributed by atoms with E-state index in [1.54, 1.807) is 26.0 Å². The summed E-state index contributed by atoms with van der Waals surface area (Å²) in [5, 5.41) is 3.96. The van der Waals surface area contributed by atoms with Gasteiger partial charge in [-0.1, -0.05) is 19.9 Å². The maximum Gasteiger partial charge on any atom is 0.271 e. The maximum absolute atomic E-state index is 12.7. The molecule has 0 radical (unpaired) electrons. The first kappa shape index (κ1) is 24.2. The van der Waals surface area contributed by atoms with Gasteiger partial charge < -0.3 is 14.2 Å². The number of carbonyl (C=O) groups excluding carboxylic acids is 1. The summed E-state index contributed by atoms with van der Waals surface area (Å²) in [6, 6.07) is 9.13. The Kier molecular flexibility index (Phi) is 8.40. The second-order valence-corrected chi connectivity index (χ2v) is 8.20. The molecule has 0 unspecified atom stereocenters. The number of amides is 1. The number of hydrazone groups is 1. The van der Waals surface area contributed by atoms with Crippen molar-refractivity contribution in [1.29, 1.82) is 0 Å². The topological polar surface area (TPSA) is 107 Å². The largest absolute Gasteiger partial charge is 0.496 e. The fraction of sp³-hybridized carbons (Fsp3) is 0.333. The Morgan fingerprint density at radius 1 is 1.00 bits per heavy atom. The van der Waals surface area contributed by atoms with Gasteiger partial charge in [0.15, 0.2) is 11.5 Å². The van der Waals surface area contributed by atoms with Gasteiger partial charge in [0.25, 0.3) is 5.91 Å². The van der Waals surface area contributed by atoms with Crippen molar-refractivity contribution in [2.24, 2.45) is 5.10 Å². The number of carbonyl (C=O) groups is 1. The average Bonchev–Trinajstić information content (AvgIpc) is 2.79. The Bertz CT molecular complexity index is 1050. The van der Waals surface area contributed by atoms with Crippen LogP contribution in [0.4, 0.5) is 0 Å². The zero-order valence-corrected chi connectivity index (χ0v) is 19.0. The van der Waals surface area contributed by atoms with Crippen LogP contribution in [0, 0.1) is 0 Å². The Balaban J connectivity index is 2.23. The van der Waals surface area contributed by atoms with Crippen LogP contribution in [0.3, 0.4) is 0 Å². The maximum atomic E-state index is 12.7. The molecule has 0 bridgehead atoms. The Morgan fingerprint density at radius 2 is 1.61 bits per heavy atom. The molecule has 10 heteroatoms. The van der Waals surface area contributed by atoms with Gasteiger partial charge in [-0.05, 0) is 24.3 Å². The quantitative estimate of drug-likeness (QED) is 0.441. The molecule has 2 aromatic rings. The van der Waals surface area contributed by atoms with E-state index in [0.29, 0.717) is 35.9 Å². The van der Waals surface area contributed by atoms with E-state index in [-0.39, 0.29) is 10.5 Å². The summed E-state index contributed by atoms with van der Waals surface area (Å²) in [5.74, 6) is 0.896. The van der Waals surface area contributed by atoms with Crippen molar-refractivity contribution in [1.82, 2.24) is 9.73 Å². The minimum absolute atomic E-state index is 0.0504. The van der Waals surface area contributed by atoms with Gasteiger partial charge in [0.2, 0.25) is 10.0 Å². The molecule has 0 saturated heterocycles. The Labute approximate surface area is 182 Å². The number of hydrogen-bond donors (Lipinski definition) is 1. The summed E-state index contributed by atoms with van der Waals surface area (Å²) >= 11 is 0. The highest BCUT2D eigenvalue weighted by Crippen LogP contribution is 2.33. The fourth-order valence-corrected chi connectivity index (χ4v) is 4.39. The van der Waals surface area contributed by atoms with Gasteiger partial charge in [-0.15, -0.1) is 0 Å². The number of benzene rings is 2. The second kappa shape index (κ2) is 10.8. The van der Waals surface area contributed by atoms with E-state index in [9.17, 15) is 13.2 Å². The number of rotatable bonds is 10. The number of methoxy groups -OCH3 is 3. The van der Waals surface area contributed by atoms with Crippen molar-refractivity contribution in [2.45, 2.75) is 18.7 Å². The van der Waals surface area contributed by atoms with E-state index in [1.165, 1.54) is 56.1 Å². The average molecular weight is 450 g/mol. The van der Waals surface area contributed by atoms with Crippen molar-refractivity contribution in [3.8, 4) is 17.2 Å². The molecule has 168 valence electrons. The standard InChI is InChI=1S/C21H27N3O6S/c1-6-24(7-2)31(26,27)17-10-8-9-15(11-17)21(25)23-22-14-16-12-19(29-4)20(30-5)13-18(16)28-3/h8-14H,6-7H2,1-5H3,(H,23,25)/b22-14+. The summed E-state index contributed by atoms with van der Waals surface area (Å²) in [5.41, 5.74) is 3.12. The van der Waals surface area contributed by atoms with E-state index in [1.807, 2.05) is 0 Å². The lowest BCUT2D eigenvalue weighted by molar-refractivity contribution is 0.0955. The molecule has 31 heavy (non-hydrogen) atoms. The monoisotopic (exact) mass is 449 g/mol. The number of hydrogen-bond acceptors (Lipinski definition) is 7. The first-order valence-corrected chi connectivity index (χ1v) is 11.0. The predicted octanol–water partition coefficient (Wildman–Crippen LogP) is 2.51. The van der Waals surface area contributed by atoms with Crippen LogP contribution in [0.1, 0.15) is 29.8 Å². The van der Waals surface area contributed by atoms with Crippen LogP contribution in [0.5, 0.6) is 17.2 Å². The van der Waals surface area contributed by atoms with Crippen molar-refractivity contribution in [3.05, 3.63) is 47.5 Å². The lowest BCUT2D eigenvalue weighted by Gasteiger charge is -2.18. The molecule has 0 aromatic heterocycles. The highest BCUT2D eigenvalue weighted by atomic mass is 32.2. The third-order valence-corrected chi connectivity index (χ3v) is 6.59. The zero-order chi connectivity index (χ0) is 23.0. The van der Waals surface area contributed by atoms with Crippen LogP contribution in [0.25, 0.3) is 0 Å². The molecule has 9 nitrogen and oxygen atoms in total. The summed E-state index contributed by atoms with van der Waals surface area (Å²) in [7, 11) is 0.848. The third kappa shape index (κ3) is 5.53. The van der Waals surface area contributed by atoms with Crippen LogP contribution < -0.4 is 19.6 Å². The van der Waals surface area contributed by atoms with Gasteiger partial charge in [0.1, 0.15) is 5.75 Å². The highest BCUT2D eigenvalue weighted by molar-refractivity contribution is 7.89. The molecule has 1 N–H and O–H groups in total. The SMILES string of the molecule is CCN(CC)S(=O)(=O)c1cccc(C(=O)N/N=C/c2cc(OC)c(OC)cc2OC)c1. The smallest absolute Gasteiger partial charge is 0.271 e. The number of ether oxygens (including phenoxy) is 3. The lowest BCUT2D eigenvalue weighted by Crippen LogP contribution is -2.30. The van der Waals surface area contributed by atoms with E-state index in [0.717, 1.165) is 0 Å². The van der Waals surface area contributed by atoms with E-state index < -0.39 is 15.9 Å². The van der Waals surface area contributed by atoms with E-state index in [4.69, 9.17) is 14.2 Å². The van der Waals surface area contributed by atoms with Crippen LogP contribution in [-0.4, -0.2) is 59.3 Å². The minimum Gasteiger partial charge on any atom is -0.496 e.